The van der Waals surface area contributed by atoms with Crippen molar-refractivity contribution in [2.45, 2.75) is 38.0 Å². The summed E-state index contributed by atoms with van der Waals surface area (Å²) in [6.45, 7) is 1.45. The van der Waals surface area contributed by atoms with Gasteiger partial charge in [-0.2, -0.15) is 0 Å². The molecule has 2 aromatic rings. The molecule has 1 saturated heterocycles. The van der Waals surface area contributed by atoms with Crippen LogP contribution in [0.2, 0.25) is 0 Å². The highest BCUT2D eigenvalue weighted by molar-refractivity contribution is 5.52. The van der Waals surface area contributed by atoms with E-state index in [9.17, 15) is 5.11 Å². The molecule has 7 nitrogen and oxygen atoms in total. The van der Waals surface area contributed by atoms with Crippen molar-refractivity contribution in [3.63, 3.8) is 0 Å². The molecule has 2 unspecified atom stereocenters. The van der Waals surface area contributed by atoms with E-state index in [1.54, 1.807) is 12.4 Å². The molecule has 1 N–H and O–H groups in total. The number of aromatic nitrogens is 1. The molecule has 0 radical (unpaired) electrons. The fourth-order valence-electron chi connectivity index (χ4n) is 3.60. The van der Waals surface area contributed by atoms with E-state index in [2.05, 4.69) is 9.98 Å². The van der Waals surface area contributed by atoms with Crippen LogP contribution in [0, 0.1) is 0 Å². The van der Waals surface area contributed by atoms with E-state index in [1.165, 1.54) is 6.40 Å². The second-order valence-electron chi connectivity index (χ2n) is 7.04. The first kappa shape index (κ1) is 19.6. The van der Waals surface area contributed by atoms with Crippen molar-refractivity contribution in [2.75, 3.05) is 13.2 Å². The number of aliphatic hydroxyl groups excluding tert-OH is 1. The molecule has 3 atom stereocenters. The highest BCUT2D eigenvalue weighted by Gasteiger charge is 2.37. The third-order valence-electron chi connectivity index (χ3n) is 5.06. The minimum absolute atomic E-state index is 0.0147. The van der Waals surface area contributed by atoms with Crippen LogP contribution in [0.1, 0.15) is 18.4 Å². The summed E-state index contributed by atoms with van der Waals surface area (Å²) in [7, 11) is 0. The van der Waals surface area contributed by atoms with Gasteiger partial charge in [-0.1, -0.05) is 30.3 Å². The summed E-state index contributed by atoms with van der Waals surface area (Å²) in [6.07, 6.45) is 7.49. The molecular formula is C22H25N3O4. The number of rotatable bonds is 8. The maximum absolute atomic E-state index is 10.6. The van der Waals surface area contributed by atoms with Gasteiger partial charge in [-0.05, 0) is 36.6 Å². The Balaban J connectivity index is 1.34. The Bertz CT molecular complexity index is 828. The molecule has 1 aromatic carbocycles. The van der Waals surface area contributed by atoms with Crippen LogP contribution in [0.5, 0.6) is 5.75 Å². The summed E-state index contributed by atoms with van der Waals surface area (Å²) in [6, 6.07) is 13.5. The summed E-state index contributed by atoms with van der Waals surface area (Å²) in [4.78, 5) is 10.3. The fourth-order valence-corrected chi connectivity index (χ4v) is 3.60. The van der Waals surface area contributed by atoms with E-state index < -0.39 is 6.41 Å². The van der Waals surface area contributed by atoms with Crippen LogP contribution >= 0.6 is 0 Å². The molecule has 152 valence electrons. The van der Waals surface area contributed by atoms with Crippen molar-refractivity contribution in [1.29, 1.82) is 0 Å². The smallest absolute Gasteiger partial charge is 0.216 e. The number of likely N-dealkylation sites (tertiary alicyclic amines) is 1. The number of hydrogen-bond donors (Lipinski definition) is 1. The topological polar surface area (TPSA) is 76.4 Å². The summed E-state index contributed by atoms with van der Waals surface area (Å²) in [5.41, 5.74) is 1.81. The SMILES string of the molecule is OC(OCc1ccccc1)N1CCC[C@H]1C1C=C(COc2cccnc2)N=CO1. The van der Waals surface area contributed by atoms with Gasteiger partial charge in [-0.25, -0.2) is 9.89 Å². The highest BCUT2D eigenvalue weighted by Crippen LogP contribution is 2.27. The molecule has 2 aliphatic rings. The minimum atomic E-state index is -0.978. The number of aliphatic hydroxyl groups is 1. The Morgan fingerprint density at radius 2 is 2.07 bits per heavy atom. The van der Waals surface area contributed by atoms with Gasteiger partial charge in [-0.3, -0.25) is 4.98 Å². The molecule has 0 aliphatic carbocycles. The molecule has 1 aromatic heterocycles. The van der Waals surface area contributed by atoms with E-state index in [1.807, 2.05) is 53.4 Å². The van der Waals surface area contributed by atoms with Crippen molar-refractivity contribution >= 4 is 6.40 Å². The molecule has 2 aliphatic heterocycles. The first-order valence-corrected chi connectivity index (χ1v) is 9.80. The Kier molecular flexibility index (Phi) is 6.51. The van der Waals surface area contributed by atoms with Gasteiger partial charge < -0.3 is 19.3 Å². The standard InChI is InChI=1S/C22H25N3O4/c26-22(28-14-17-6-2-1-3-7-17)25-11-5-9-20(25)21-12-18(24-16-29-21)15-27-19-8-4-10-23-13-19/h1-4,6-8,10,12-13,16,20-22,26H,5,9,11,14-15H2/t20-,21?,22?/m0/s1. The van der Waals surface area contributed by atoms with E-state index in [-0.39, 0.29) is 12.1 Å². The quantitative estimate of drug-likeness (QED) is 0.693. The molecule has 0 amide bonds. The van der Waals surface area contributed by atoms with E-state index in [4.69, 9.17) is 14.2 Å². The van der Waals surface area contributed by atoms with Crippen molar-refractivity contribution in [3.8, 4) is 5.75 Å². The predicted octanol–water partition coefficient (Wildman–Crippen LogP) is 2.73. The van der Waals surface area contributed by atoms with Gasteiger partial charge in [0.25, 0.3) is 0 Å². The number of ether oxygens (including phenoxy) is 3. The maximum Gasteiger partial charge on any atom is 0.216 e. The zero-order valence-electron chi connectivity index (χ0n) is 16.1. The van der Waals surface area contributed by atoms with Gasteiger partial charge in [0.15, 0.2) is 6.40 Å². The largest absolute Gasteiger partial charge is 0.486 e. The monoisotopic (exact) mass is 395 g/mol. The number of aliphatic imine (C=N–C) groups is 1. The number of hydrogen-bond acceptors (Lipinski definition) is 7. The minimum Gasteiger partial charge on any atom is -0.486 e. The van der Waals surface area contributed by atoms with Crippen LogP contribution in [0.25, 0.3) is 0 Å². The summed E-state index contributed by atoms with van der Waals surface area (Å²) >= 11 is 0. The lowest BCUT2D eigenvalue weighted by atomic mass is 10.1. The second-order valence-corrected chi connectivity index (χ2v) is 7.04. The van der Waals surface area contributed by atoms with Crippen LogP contribution in [0.4, 0.5) is 0 Å². The zero-order valence-corrected chi connectivity index (χ0v) is 16.1. The van der Waals surface area contributed by atoms with Crippen LogP contribution in [-0.4, -0.2) is 53.1 Å². The van der Waals surface area contributed by atoms with Crippen LogP contribution in [0.3, 0.4) is 0 Å². The predicted molar refractivity (Wildman–Crippen MR) is 108 cm³/mol. The van der Waals surface area contributed by atoms with E-state index in [0.717, 1.165) is 30.6 Å². The Morgan fingerprint density at radius 1 is 1.17 bits per heavy atom. The number of pyridine rings is 1. The molecule has 7 heteroatoms. The molecule has 0 spiro atoms. The normalized spacial score (nSPS) is 22.7. The van der Waals surface area contributed by atoms with Gasteiger partial charge in [0.1, 0.15) is 18.5 Å². The average molecular weight is 395 g/mol. The molecule has 3 heterocycles. The molecule has 4 rings (SSSR count). The number of nitrogens with zero attached hydrogens (tertiary/aromatic N) is 3. The zero-order chi connectivity index (χ0) is 19.9. The molecule has 0 saturated carbocycles. The molecule has 0 bridgehead atoms. The first-order chi connectivity index (χ1) is 14.3. The third kappa shape index (κ3) is 5.20. The summed E-state index contributed by atoms with van der Waals surface area (Å²) in [5.74, 6) is 0.693. The van der Waals surface area contributed by atoms with Crippen molar-refractivity contribution in [2.24, 2.45) is 4.99 Å². The highest BCUT2D eigenvalue weighted by atomic mass is 16.6. The molecule has 1 fully saturated rings. The van der Waals surface area contributed by atoms with E-state index in [0.29, 0.717) is 19.0 Å². The molecule has 29 heavy (non-hydrogen) atoms. The van der Waals surface area contributed by atoms with Crippen LogP contribution in [-0.2, 0) is 16.1 Å². The number of benzene rings is 1. The third-order valence-corrected chi connectivity index (χ3v) is 5.06. The second kappa shape index (κ2) is 9.65. The van der Waals surface area contributed by atoms with Crippen molar-refractivity contribution < 1.29 is 19.3 Å². The maximum atomic E-state index is 10.6. The fraction of sp³-hybridized carbons (Fsp3) is 0.364. The van der Waals surface area contributed by atoms with Crippen LogP contribution < -0.4 is 4.74 Å². The Hall–Kier alpha value is -2.74. The van der Waals surface area contributed by atoms with Crippen LogP contribution in [0.15, 0.2) is 71.6 Å². The Morgan fingerprint density at radius 3 is 2.90 bits per heavy atom. The van der Waals surface area contributed by atoms with Crippen molar-refractivity contribution in [1.82, 2.24) is 9.88 Å². The van der Waals surface area contributed by atoms with Gasteiger partial charge >= 0.3 is 0 Å². The van der Waals surface area contributed by atoms with E-state index >= 15 is 0 Å². The lowest BCUT2D eigenvalue weighted by Crippen LogP contribution is -2.47. The van der Waals surface area contributed by atoms with Gasteiger partial charge in [0.05, 0.1) is 24.5 Å². The van der Waals surface area contributed by atoms with Gasteiger partial charge in [0.2, 0.25) is 6.41 Å². The van der Waals surface area contributed by atoms with Gasteiger partial charge in [-0.15, -0.1) is 0 Å². The lowest BCUT2D eigenvalue weighted by Gasteiger charge is -2.33. The molecular weight excluding hydrogens is 370 g/mol. The summed E-state index contributed by atoms with van der Waals surface area (Å²) < 4.78 is 17.2. The first-order valence-electron chi connectivity index (χ1n) is 9.80. The lowest BCUT2D eigenvalue weighted by molar-refractivity contribution is -0.209. The average Bonchev–Trinajstić information content (AvgIpc) is 3.28. The summed E-state index contributed by atoms with van der Waals surface area (Å²) in [5, 5.41) is 10.6. The Labute approximate surface area is 170 Å². The van der Waals surface area contributed by atoms with Crippen molar-refractivity contribution in [3.05, 3.63) is 72.2 Å². The van der Waals surface area contributed by atoms with Gasteiger partial charge in [0, 0.05) is 12.7 Å².